The first-order valence-corrected chi connectivity index (χ1v) is 8.73. The molecule has 3 rings (SSSR count). The quantitative estimate of drug-likeness (QED) is 0.485. The number of halogens is 1. The van der Waals surface area contributed by atoms with Crippen molar-refractivity contribution < 1.29 is 14.5 Å². The highest BCUT2D eigenvalue weighted by atomic mass is 35.5. The van der Waals surface area contributed by atoms with Crippen LogP contribution in [0.4, 0.5) is 11.4 Å². The summed E-state index contributed by atoms with van der Waals surface area (Å²) < 4.78 is 7.01. The molecule has 0 spiro atoms. The van der Waals surface area contributed by atoms with Gasteiger partial charge in [0.1, 0.15) is 29.4 Å². The first-order chi connectivity index (χ1) is 13.3. The van der Waals surface area contributed by atoms with E-state index in [4.69, 9.17) is 16.3 Å². The molecule has 0 unspecified atom stereocenters. The van der Waals surface area contributed by atoms with Crippen molar-refractivity contribution in [2.45, 2.75) is 20.4 Å². The Morgan fingerprint density at radius 3 is 2.25 bits per heavy atom. The number of nitrogens with zero attached hydrogens (tertiary/aromatic N) is 3. The molecule has 0 aliphatic rings. The molecule has 0 bridgehead atoms. The smallest absolute Gasteiger partial charge is 0.312 e. The first-order valence-electron chi connectivity index (χ1n) is 8.35. The van der Waals surface area contributed by atoms with Gasteiger partial charge in [0.05, 0.1) is 4.92 Å². The Bertz CT molecular complexity index is 1010. The van der Waals surface area contributed by atoms with Gasteiger partial charge in [-0.25, -0.2) is 0 Å². The van der Waals surface area contributed by atoms with Crippen LogP contribution in [-0.2, 0) is 11.3 Å². The van der Waals surface area contributed by atoms with Crippen molar-refractivity contribution in [3.63, 3.8) is 0 Å². The topological polar surface area (TPSA) is 99.3 Å². The van der Waals surface area contributed by atoms with Crippen LogP contribution < -0.4 is 10.1 Å². The van der Waals surface area contributed by atoms with E-state index >= 15 is 0 Å². The molecule has 3 aromatic rings. The molecule has 0 atom stereocenters. The maximum atomic E-state index is 12.2. The molecule has 1 heterocycles. The minimum Gasteiger partial charge on any atom is -0.457 e. The number of anilines is 1. The number of ether oxygens (including phenoxy) is 1. The fraction of sp³-hybridized carbons (Fsp3) is 0.158. The monoisotopic (exact) mass is 400 g/mol. The van der Waals surface area contributed by atoms with Crippen molar-refractivity contribution in [2.24, 2.45) is 0 Å². The Morgan fingerprint density at radius 2 is 1.71 bits per heavy atom. The summed E-state index contributed by atoms with van der Waals surface area (Å²) in [6, 6.07) is 13.8. The third-order valence-corrected chi connectivity index (χ3v) is 4.26. The predicted octanol–water partition coefficient (Wildman–Crippen LogP) is 4.49. The molecule has 0 radical (unpaired) electrons. The van der Waals surface area contributed by atoms with Gasteiger partial charge in [-0.3, -0.25) is 19.6 Å². The molecule has 0 fully saturated rings. The summed E-state index contributed by atoms with van der Waals surface area (Å²) in [5.41, 5.74) is 1.12. The van der Waals surface area contributed by atoms with Crippen LogP contribution in [-0.4, -0.2) is 20.6 Å². The zero-order valence-corrected chi connectivity index (χ0v) is 15.9. The van der Waals surface area contributed by atoms with Crippen LogP contribution in [0, 0.1) is 24.0 Å². The summed E-state index contributed by atoms with van der Waals surface area (Å²) in [5, 5.41) is 18.5. The Kier molecular flexibility index (Phi) is 5.60. The largest absolute Gasteiger partial charge is 0.457 e. The molecule has 1 amide bonds. The van der Waals surface area contributed by atoms with Gasteiger partial charge in [-0.15, -0.1) is 0 Å². The fourth-order valence-electron chi connectivity index (χ4n) is 2.69. The van der Waals surface area contributed by atoms with E-state index < -0.39 is 4.92 Å². The lowest BCUT2D eigenvalue weighted by atomic mass is 10.3. The van der Waals surface area contributed by atoms with E-state index in [0.29, 0.717) is 27.9 Å². The van der Waals surface area contributed by atoms with E-state index in [1.165, 1.54) is 4.68 Å². The second kappa shape index (κ2) is 8.10. The van der Waals surface area contributed by atoms with E-state index in [9.17, 15) is 14.9 Å². The molecule has 2 aromatic carbocycles. The molecule has 0 aliphatic carbocycles. The van der Waals surface area contributed by atoms with Gasteiger partial charge in [0, 0.05) is 10.7 Å². The molecule has 8 nitrogen and oxygen atoms in total. The standard InChI is InChI=1S/C19H17ClN4O4/c1-12-19(24(26)27)13(2)23(22-12)11-18(25)21-15-5-9-17(10-6-15)28-16-7-3-14(20)4-8-16/h3-10H,11H2,1-2H3,(H,21,25). The second-order valence-electron chi connectivity index (χ2n) is 6.06. The maximum Gasteiger partial charge on any atom is 0.312 e. The third kappa shape index (κ3) is 4.47. The Morgan fingerprint density at radius 1 is 1.14 bits per heavy atom. The van der Waals surface area contributed by atoms with E-state index in [-0.39, 0.29) is 23.8 Å². The molecule has 0 saturated carbocycles. The van der Waals surface area contributed by atoms with E-state index in [1.54, 1.807) is 62.4 Å². The lowest BCUT2D eigenvalue weighted by Gasteiger charge is -2.09. The van der Waals surface area contributed by atoms with Gasteiger partial charge in [0.2, 0.25) is 5.91 Å². The van der Waals surface area contributed by atoms with E-state index in [2.05, 4.69) is 10.4 Å². The van der Waals surface area contributed by atoms with Gasteiger partial charge in [0.15, 0.2) is 0 Å². The number of hydrogen-bond acceptors (Lipinski definition) is 5. The van der Waals surface area contributed by atoms with Crippen LogP contribution >= 0.6 is 11.6 Å². The summed E-state index contributed by atoms with van der Waals surface area (Å²) in [5.74, 6) is 0.911. The minimum atomic E-state index is -0.495. The van der Waals surface area contributed by atoms with Crippen molar-refractivity contribution >= 4 is 28.9 Å². The number of hydrogen-bond donors (Lipinski definition) is 1. The molecule has 144 valence electrons. The number of carbonyl (C=O) groups is 1. The summed E-state index contributed by atoms with van der Waals surface area (Å²) in [7, 11) is 0. The molecule has 28 heavy (non-hydrogen) atoms. The molecule has 9 heteroatoms. The van der Waals surface area contributed by atoms with Gasteiger partial charge in [-0.2, -0.15) is 5.10 Å². The summed E-state index contributed by atoms with van der Waals surface area (Å²) >= 11 is 5.84. The van der Waals surface area contributed by atoms with Crippen LogP contribution in [0.2, 0.25) is 5.02 Å². The number of aryl methyl sites for hydroxylation is 1. The molecular formula is C19H17ClN4O4. The van der Waals surface area contributed by atoms with Crippen LogP contribution in [0.15, 0.2) is 48.5 Å². The van der Waals surface area contributed by atoms with Gasteiger partial charge in [-0.1, -0.05) is 11.6 Å². The normalized spacial score (nSPS) is 10.5. The second-order valence-corrected chi connectivity index (χ2v) is 6.50. The fourth-order valence-corrected chi connectivity index (χ4v) is 2.81. The predicted molar refractivity (Wildman–Crippen MR) is 105 cm³/mol. The number of benzene rings is 2. The van der Waals surface area contributed by atoms with Crippen molar-refractivity contribution in [3.05, 3.63) is 75.1 Å². The molecule has 1 N–H and O–H groups in total. The number of nitrogens with one attached hydrogen (secondary N) is 1. The Balaban J connectivity index is 1.62. The Labute approximate surface area is 165 Å². The van der Waals surface area contributed by atoms with Gasteiger partial charge in [0.25, 0.3) is 0 Å². The van der Waals surface area contributed by atoms with Crippen molar-refractivity contribution in [3.8, 4) is 11.5 Å². The highest BCUT2D eigenvalue weighted by Crippen LogP contribution is 2.25. The summed E-state index contributed by atoms with van der Waals surface area (Å²) in [6.07, 6.45) is 0. The summed E-state index contributed by atoms with van der Waals surface area (Å²) in [6.45, 7) is 2.98. The zero-order valence-electron chi connectivity index (χ0n) is 15.2. The average molecular weight is 401 g/mol. The van der Waals surface area contributed by atoms with Crippen molar-refractivity contribution in [1.29, 1.82) is 0 Å². The van der Waals surface area contributed by atoms with E-state index in [0.717, 1.165) is 0 Å². The minimum absolute atomic E-state index is 0.0727. The highest BCUT2D eigenvalue weighted by molar-refractivity contribution is 6.30. The van der Waals surface area contributed by atoms with Gasteiger partial charge < -0.3 is 10.1 Å². The number of carbonyl (C=O) groups excluding carboxylic acids is 1. The number of amides is 1. The molecule has 0 aliphatic heterocycles. The molecule has 1 aromatic heterocycles. The van der Waals surface area contributed by atoms with Crippen molar-refractivity contribution in [2.75, 3.05) is 5.32 Å². The molecule has 0 saturated heterocycles. The highest BCUT2D eigenvalue weighted by Gasteiger charge is 2.22. The van der Waals surface area contributed by atoms with Gasteiger partial charge in [-0.05, 0) is 62.4 Å². The lowest BCUT2D eigenvalue weighted by Crippen LogP contribution is -2.20. The number of nitro groups is 1. The van der Waals surface area contributed by atoms with Gasteiger partial charge >= 0.3 is 5.69 Å². The lowest BCUT2D eigenvalue weighted by molar-refractivity contribution is -0.386. The van der Waals surface area contributed by atoms with Crippen molar-refractivity contribution in [1.82, 2.24) is 9.78 Å². The number of aromatic nitrogens is 2. The third-order valence-electron chi connectivity index (χ3n) is 4.01. The van der Waals surface area contributed by atoms with Crippen LogP contribution in [0.3, 0.4) is 0 Å². The average Bonchev–Trinajstić information content (AvgIpc) is 2.92. The number of rotatable bonds is 6. The maximum absolute atomic E-state index is 12.2. The van der Waals surface area contributed by atoms with Crippen LogP contribution in [0.1, 0.15) is 11.4 Å². The SMILES string of the molecule is Cc1nn(CC(=O)Nc2ccc(Oc3ccc(Cl)cc3)cc2)c(C)c1[N+](=O)[O-]. The zero-order chi connectivity index (χ0) is 20.3. The molecular weight excluding hydrogens is 384 g/mol. The Hall–Kier alpha value is -3.39. The first kappa shape index (κ1) is 19.4. The van der Waals surface area contributed by atoms with E-state index in [1.807, 2.05) is 0 Å². The van der Waals surface area contributed by atoms with Crippen LogP contribution in [0.25, 0.3) is 0 Å². The summed E-state index contributed by atoms with van der Waals surface area (Å²) in [4.78, 5) is 22.8. The van der Waals surface area contributed by atoms with Crippen LogP contribution in [0.5, 0.6) is 11.5 Å².